The second-order valence-electron chi connectivity index (χ2n) is 8.67. The molecule has 3 rings (SSSR count). The number of hydrogen-bond acceptors (Lipinski definition) is 11. The summed E-state index contributed by atoms with van der Waals surface area (Å²) in [6.45, 7) is 6.69. The van der Waals surface area contributed by atoms with E-state index in [-0.39, 0.29) is 6.61 Å². The van der Waals surface area contributed by atoms with Gasteiger partial charge in [0.25, 0.3) is 0 Å². The molecule has 0 spiro atoms. The lowest BCUT2D eigenvalue weighted by Gasteiger charge is -2.43. The van der Waals surface area contributed by atoms with E-state index in [2.05, 4.69) is 5.32 Å². The van der Waals surface area contributed by atoms with Gasteiger partial charge in [0.05, 0.1) is 10.9 Å². The summed E-state index contributed by atoms with van der Waals surface area (Å²) in [5.41, 5.74) is 1.67. The van der Waals surface area contributed by atoms with Crippen LogP contribution in [0.1, 0.15) is 33.3 Å². The summed E-state index contributed by atoms with van der Waals surface area (Å²) in [5.74, 6) is -2.07. The molecule has 11 heteroatoms. The van der Waals surface area contributed by atoms with Crippen molar-refractivity contribution in [1.29, 1.82) is 0 Å². The van der Waals surface area contributed by atoms with Gasteiger partial charge in [-0.15, -0.1) is 11.8 Å². The third-order valence-corrected chi connectivity index (χ3v) is 6.80. The molecule has 0 aliphatic carbocycles. The third kappa shape index (κ3) is 8.14. The molecule has 204 valence electrons. The quantitative estimate of drug-likeness (QED) is 0.364. The van der Waals surface area contributed by atoms with Gasteiger partial charge in [-0.3, -0.25) is 19.2 Å². The van der Waals surface area contributed by atoms with Crippen molar-refractivity contribution in [1.82, 2.24) is 0 Å². The van der Waals surface area contributed by atoms with E-state index in [1.165, 1.54) is 27.7 Å². The fourth-order valence-electron chi connectivity index (χ4n) is 3.87. The Balaban J connectivity index is 1.98. The molecule has 1 saturated heterocycles. The van der Waals surface area contributed by atoms with Crippen molar-refractivity contribution in [3.05, 3.63) is 54.1 Å². The number of thioether (sulfide) groups is 1. The SMILES string of the molecule is CC(=O)OC[C@H]1S[C@@H](Oc2ccccc2Nc2ccc(C)cc2)[C@H](OC(C)=O)[C@@H](OC(C)=O)[C@@H]1OC(C)=O. The van der Waals surface area contributed by atoms with E-state index >= 15 is 0 Å². The summed E-state index contributed by atoms with van der Waals surface area (Å²) in [7, 11) is 0. The van der Waals surface area contributed by atoms with Gasteiger partial charge in [0.2, 0.25) is 0 Å². The van der Waals surface area contributed by atoms with Crippen molar-refractivity contribution in [2.45, 2.75) is 63.6 Å². The molecule has 0 bridgehead atoms. The average Bonchev–Trinajstić information content (AvgIpc) is 2.83. The monoisotopic (exact) mass is 545 g/mol. The van der Waals surface area contributed by atoms with Crippen molar-refractivity contribution in [2.75, 3.05) is 11.9 Å². The molecule has 10 nitrogen and oxygen atoms in total. The maximum absolute atomic E-state index is 12.1. The van der Waals surface area contributed by atoms with Crippen LogP contribution in [-0.2, 0) is 38.1 Å². The second kappa shape index (κ2) is 13.2. The Morgan fingerprint density at radius 1 is 0.763 bits per heavy atom. The number of benzene rings is 2. The van der Waals surface area contributed by atoms with Gasteiger partial charge < -0.3 is 29.0 Å². The van der Waals surface area contributed by atoms with Crippen LogP contribution in [0.2, 0.25) is 0 Å². The smallest absolute Gasteiger partial charge is 0.303 e. The van der Waals surface area contributed by atoms with E-state index < -0.39 is 52.9 Å². The average molecular weight is 546 g/mol. The zero-order valence-corrected chi connectivity index (χ0v) is 22.6. The second-order valence-corrected chi connectivity index (χ2v) is 10.0. The fourth-order valence-corrected chi connectivity index (χ4v) is 5.25. The van der Waals surface area contributed by atoms with Crippen LogP contribution < -0.4 is 10.1 Å². The Hall–Kier alpha value is -3.73. The van der Waals surface area contributed by atoms with Gasteiger partial charge in [-0.25, -0.2) is 0 Å². The summed E-state index contributed by atoms with van der Waals surface area (Å²) in [6.07, 6.45) is -3.44. The number of carbonyl (C=O) groups excluding carboxylic acids is 4. The van der Waals surface area contributed by atoms with Crippen LogP contribution in [0.25, 0.3) is 0 Å². The molecule has 1 fully saturated rings. The highest BCUT2D eigenvalue weighted by Gasteiger charge is 2.53. The highest BCUT2D eigenvalue weighted by atomic mass is 32.2. The zero-order chi connectivity index (χ0) is 27.8. The van der Waals surface area contributed by atoms with Gasteiger partial charge in [-0.1, -0.05) is 29.8 Å². The normalized spacial score (nSPS) is 22.5. The minimum atomic E-state index is -1.22. The Labute approximate surface area is 225 Å². The summed E-state index contributed by atoms with van der Waals surface area (Å²) < 4.78 is 28.1. The minimum absolute atomic E-state index is 0.161. The first-order valence-corrected chi connectivity index (χ1v) is 12.9. The topological polar surface area (TPSA) is 126 Å². The lowest BCUT2D eigenvalue weighted by molar-refractivity contribution is -0.190. The standard InChI is InChI=1S/C27H31NO9S/c1-15-10-12-20(13-11-15)28-21-8-6-7-9-22(21)37-27-26(36-19(5)32)25(35-18(4)31)24(34-17(3)30)23(38-27)14-33-16(2)29/h6-13,23-28H,14H2,1-5H3/t23-,24-,25+,26-,27-/m1/s1. The molecular formula is C27H31NO9S. The summed E-state index contributed by atoms with van der Waals surface area (Å²) in [6, 6.07) is 15.0. The van der Waals surface area contributed by atoms with Crippen LogP contribution in [0.5, 0.6) is 5.75 Å². The Kier molecular flexibility index (Phi) is 10.0. The molecule has 2 aromatic carbocycles. The van der Waals surface area contributed by atoms with Crippen LogP contribution in [0.4, 0.5) is 11.4 Å². The molecule has 5 atom stereocenters. The number of hydrogen-bond donors (Lipinski definition) is 1. The highest BCUT2D eigenvalue weighted by molar-refractivity contribution is 8.00. The number of rotatable bonds is 9. The van der Waals surface area contributed by atoms with Crippen molar-refractivity contribution < 1.29 is 42.9 Å². The Morgan fingerprint density at radius 2 is 1.34 bits per heavy atom. The van der Waals surface area contributed by atoms with E-state index in [9.17, 15) is 19.2 Å². The molecule has 0 amide bonds. The van der Waals surface area contributed by atoms with Crippen molar-refractivity contribution >= 4 is 47.0 Å². The third-order valence-electron chi connectivity index (χ3n) is 5.41. The maximum atomic E-state index is 12.1. The number of para-hydroxylation sites is 2. The number of aryl methyl sites for hydroxylation is 1. The van der Waals surface area contributed by atoms with E-state index in [1.54, 1.807) is 12.1 Å². The number of ether oxygens (including phenoxy) is 5. The number of carbonyl (C=O) groups is 4. The summed E-state index contributed by atoms with van der Waals surface area (Å²) in [5, 5.41) is 2.62. The lowest BCUT2D eigenvalue weighted by atomic mass is 10.0. The van der Waals surface area contributed by atoms with Crippen LogP contribution in [0.3, 0.4) is 0 Å². The fraction of sp³-hybridized carbons (Fsp3) is 0.407. The van der Waals surface area contributed by atoms with E-state index in [0.717, 1.165) is 23.0 Å². The molecule has 0 saturated carbocycles. The van der Waals surface area contributed by atoms with E-state index in [0.29, 0.717) is 11.4 Å². The first-order chi connectivity index (χ1) is 18.0. The Morgan fingerprint density at radius 3 is 1.95 bits per heavy atom. The number of esters is 4. The van der Waals surface area contributed by atoms with E-state index in [4.69, 9.17) is 23.7 Å². The molecular weight excluding hydrogens is 514 g/mol. The first kappa shape index (κ1) is 28.8. The van der Waals surface area contributed by atoms with Gasteiger partial charge in [-0.2, -0.15) is 0 Å². The molecule has 1 N–H and O–H groups in total. The van der Waals surface area contributed by atoms with Gasteiger partial charge >= 0.3 is 23.9 Å². The molecule has 1 aliphatic rings. The lowest BCUT2D eigenvalue weighted by Crippen LogP contribution is -2.59. The molecule has 0 unspecified atom stereocenters. The molecule has 38 heavy (non-hydrogen) atoms. The molecule has 1 heterocycles. The van der Waals surface area contributed by atoms with Gasteiger partial charge in [0.15, 0.2) is 23.7 Å². The molecule has 0 aromatic heterocycles. The minimum Gasteiger partial charge on any atom is -0.474 e. The largest absolute Gasteiger partial charge is 0.474 e. The predicted octanol–water partition coefficient (Wildman–Crippen LogP) is 3.92. The maximum Gasteiger partial charge on any atom is 0.303 e. The Bertz CT molecular complexity index is 1150. The van der Waals surface area contributed by atoms with E-state index in [1.807, 2.05) is 43.3 Å². The number of anilines is 2. The molecule has 2 aromatic rings. The molecule has 0 radical (unpaired) electrons. The van der Waals surface area contributed by atoms with Crippen molar-refractivity contribution in [3.8, 4) is 5.75 Å². The highest BCUT2D eigenvalue weighted by Crippen LogP contribution is 2.41. The van der Waals surface area contributed by atoms with Gasteiger partial charge in [0.1, 0.15) is 12.4 Å². The van der Waals surface area contributed by atoms with Crippen LogP contribution in [0.15, 0.2) is 48.5 Å². The van der Waals surface area contributed by atoms with Gasteiger partial charge in [-0.05, 0) is 31.2 Å². The van der Waals surface area contributed by atoms with Crippen molar-refractivity contribution in [2.24, 2.45) is 0 Å². The van der Waals surface area contributed by atoms with Crippen LogP contribution in [0, 0.1) is 6.92 Å². The van der Waals surface area contributed by atoms with Crippen LogP contribution in [-0.4, -0.2) is 59.5 Å². The number of nitrogens with one attached hydrogen (secondary N) is 1. The summed E-state index contributed by atoms with van der Waals surface area (Å²) in [4.78, 5) is 47.6. The van der Waals surface area contributed by atoms with Crippen LogP contribution >= 0.6 is 11.8 Å². The van der Waals surface area contributed by atoms with Crippen molar-refractivity contribution in [3.63, 3.8) is 0 Å². The molecule has 1 aliphatic heterocycles. The van der Waals surface area contributed by atoms with Gasteiger partial charge in [0, 0.05) is 33.4 Å². The predicted molar refractivity (Wildman–Crippen MR) is 140 cm³/mol. The first-order valence-electron chi connectivity index (χ1n) is 11.9. The zero-order valence-electron chi connectivity index (χ0n) is 21.8. The summed E-state index contributed by atoms with van der Waals surface area (Å²) >= 11 is 1.14.